The zero-order valence-corrected chi connectivity index (χ0v) is 20.6. The molecule has 0 spiro atoms. The van der Waals surface area contributed by atoms with Gasteiger partial charge in [-0.05, 0) is 31.5 Å². The van der Waals surface area contributed by atoms with Gasteiger partial charge in [0.25, 0.3) is 5.91 Å². The fourth-order valence-electron chi connectivity index (χ4n) is 4.68. The van der Waals surface area contributed by atoms with Crippen molar-refractivity contribution in [2.24, 2.45) is 0 Å². The first kappa shape index (κ1) is 25.4. The van der Waals surface area contributed by atoms with Crippen molar-refractivity contribution in [1.82, 2.24) is 20.0 Å². The first-order valence-corrected chi connectivity index (χ1v) is 12.2. The summed E-state index contributed by atoms with van der Waals surface area (Å²) < 4.78 is 19.5. The number of nitrogens with one attached hydrogen (secondary N) is 1. The molecule has 3 amide bonds. The molecule has 0 radical (unpaired) electrons. The number of halogens is 1. The second-order valence-electron chi connectivity index (χ2n) is 8.67. The fourth-order valence-corrected chi connectivity index (χ4v) is 4.68. The summed E-state index contributed by atoms with van der Waals surface area (Å²) in [6.07, 6.45) is 0. The van der Waals surface area contributed by atoms with Gasteiger partial charge >= 0.3 is 12.0 Å². The molecule has 1 fully saturated rings. The van der Waals surface area contributed by atoms with E-state index in [1.54, 1.807) is 28.9 Å². The average Bonchev–Trinajstić information content (AvgIpc) is 2.89. The molecule has 2 aliphatic heterocycles. The number of likely N-dealkylation sites (N-methyl/N-ethyl adjacent to an activating group) is 1. The lowest BCUT2D eigenvalue weighted by molar-refractivity contribution is -0.139. The first-order valence-electron chi connectivity index (χ1n) is 12.2. The van der Waals surface area contributed by atoms with E-state index in [1.807, 2.05) is 37.3 Å². The van der Waals surface area contributed by atoms with Crippen molar-refractivity contribution in [2.75, 3.05) is 45.9 Å². The normalized spacial score (nSPS) is 18.8. The molecule has 2 aromatic carbocycles. The molecule has 0 aromatic heterocycles. The summed E-state index contributed by atoms with van der Waals surface area (Å²) in [6, 6.07) is 14.4. The minimum atomic E-state index is -0.625. The van der Waals surface area contributed by atoms with Crippen LogP contribution in [0.1, 0.15) is 35.8 Å². The number of carbonyl (C=O) groups is 3. The van der Waals surface area contributed by atoms with Crippen LogP contribution >= 0.6 is 0 Å². The number of carbonyl (C=O) groups excluding carboxylic acids is 3. The third kappa shape index (κ3) is 5.26. The molecule has 1 unspecified atom stereocenters. The zero-order chi connectivity index (χ0) is 25.7. The Morgan fingerprint density at radius 3 is 2.31 bits per heavy atom. The largest absolute Gasteiger partial charge is 0.463 e. The molecular weight excluding hydrogens is 463 g/mol. The molecule has 9 heteroatoms. The number of hydrogen-bond acceptors (Lipinski definition) is 5. The number of hydrogen-bond donors (Lipinski definition) is 1. The Morgan fingerprint density at radius 2 is 1.67 bits per heavy atom. The van der Waals surface area contributed by atoms with Gasteiger partial charge in [0.05, 0.1) is 23.8 Å². The molecule has 1 N–H and O–H groups in total. The number of amides is 3. The third-order valence-corrected chi connectivity index (χ3v) is 6.52. The van der Waals surface area contributed by atoms with Gasteiger partial charge < -0.3 is 15.0 Å². The van der Waals surface area contributed by atoms with E-state index in [2.05, 4.69) is 10.2 Å². The van der Waals surface area contributed by atoms with Crippen molar-refractivity contribution in [2.45, 2.75) is 19.9 Å². The van der Waals surface area contributed by atoms with Gasteiger partial charge in [0.2, 0.25) is 0 Å². The first-order chi connectivity index (χ1) is 17.4. The third-order valence-electron chi connectivity index (χ3n) is 6.52. The maximum absolute atomic E-state index is 14.1. The summed E-state index contributed by atoms with van der Waals surface area (Å²) in [5, 5.41) is 2.96. The Kier molecular flexibility index (Phi) is 8.00. The van der Waals surface area contributed by atoms with Crippen LogP contribution in [0.3, 0.4) is 0 Å². The molecule has 2 heterocycles. The van der Waals surface area contributed by atoms with Crippen LogP contribution in [0.2, 0.25) is 0 Å². The van der Waals surface area contributed by atoms with E-state index >= 15 is 0 Å². The Morgan fingerprint density at radius 1 is 1.00 bits per heavy atom. The van der Waals surface area contributed by atoms with Crippen molar-refractivity contribution >= 4 is 17.9 Å². The van der Waals surface area contributed by atoms with Crippen LogP contribution in [-0.2, 0) is 9.53 Å². The lowest BCUT2D eigenvalue weighted by Gasteiger charge is -2.40. The van der Waals surface area contributed by atoms with Gasteiger partial charge in [-0.15, -0.1) is 0 Å². The van der Waals surface area contributed by atoms with Gasteiger partial charge in [0.15, 0.2) is 0 Å². The standard InChI is InChI=1S/C27H31FN4O4/c1-3-32-22(18-30-14-16-31(17-15-30)25(33)20-12-8-9-13-21(20)28)23(26(34)36-4-2)24(29-27(32)35)19-10-6-5-7-11-19/h5-13,24H,3-4,14-18H2,1-2H3,(H,29,35). The lowest BCUT2D eigenvalue weighted by Crippen LogP contribution is -2.53. The van der Waals surface area contributed by atoms with Crippen LogP contribution in [0.15, 0.2) is 65.9 Å². The van der Waals surface area contributed by atoms with Crippen molar-refractivity contribution in [3.05, 3.63) is 82.8 Å². The predicted octanol–water partition coefficient (Wildman–Crippen LogP) is 3.19. The molecule has 1 atom stereocenters. The number of rotatable bonds is 7. The van der Waals surface area contributed by atoms with Gasteiger partial charge in [-0.1, -0.05) is 42.5 Å². The number of nitrogens with zero attached hydrogens (tertiary/aromatic N) is 3. The van der Waals surface area contributed by atoms with E-state index in [0.29, 0.717) is 50.5 Å². The van der Waals surface area contributed by atoms with Gasteiger partial charge in [0.1, 0.15) is 5.82 Å². The summed E-state index contributed by atoms with van der Waals surface area (Å²) in [5.41, 5.74) is 1.87. The topological polar surface area (TPSA) is 82.2 Å². The molecule has 2 aromatic rings. The Labute approximate surface area is 210 Å². The molecule has 190 valence electrons. The van der Waals surface area contributed by atoms with Crippen molar-refractivity contribution in [3.8, 4) is 0 Å². The van der Waals surface area contributed by atoms with E-state index in [0.717, 1.165) is 5.56 Å². The highest BCUT2D eigenvalue weighted by molar-refractivity contribution is 5.95. The molecular formula is C27H31FN4O4. The summed E-state index contributed by atoms with van der Waals surface area (Å²) in [4.78, 5) is 44.3. The number of benzene rings is 2. The SMILES string of the molecule is CCOC(=O)C1=C(CN2CCN(C(=O)c3ccccc3F)CC2)N(CC)C(=O)NC1c1ccccc1. The van der Waals surface area contributed by atoms with E-state index in [9.17, 15) is 18.8 Å². The van der Waals surface area contributed by atoms with Gasteiger partial charge in [-0.2, -0.15) is 0 Å². The van der Waals surface area contributed by atoms with Crippen molar-refractivity contribution in [3.63, 3.8) is 0 Å². The minimum absolute atomic E-state index is 0.0602. The average molecular weight is 495 g/mol. The summed E-state index contributed by atoms with van der Waals surface area (Å²) in [7, 11) is 0. The van der Waals surface area contributed by atoms with E-state index in [4.69, 9.17) is 4.74 Å². The number of piperazine rings is 1. The summed E-state index contributed by atoms with van der Waals surface area (Å²) in [6.45, 7) is 6.43. The molecule has 36 heavy (non-hydrogen) atoms. The van der Waals surface area contributed by atoms with Crippen LogP contribution in [0.25, 0.3) is 0 Å². The minimum Gasteiger partial charge on any atom is -0.463 e. The second-order valence-corrected chi connectivity index (χ2v) is 8.67. The molecule has 1 saturated heterocycles. The molecule has 2 aliphatic rings. The van der Waals surface area contributed by atoms with Gasteiger partial charge in [0, 0.05) is 45.0 Å². The number of esters is 1. The van der Waals surface area contributed by atoms with E-state index in [-0.39, 0.29) is 24.1 Å². The number of urea groups is 1. The maximum Gasteiger partial charge on any atom is 0.338 e. The predicted molar refractivity (Wildman–Crippen MR) is 132 cm³/mol. The van der Waals surface area contributed by atoms with Crippen LogP contribution < -0.4 is 5.32 Å². The highest BCUT2D eigenvalue weighted by Crippen LogP contribution is 2.32. The Balaban J connectivity index is 1.58. The summed E-state index contributed by atoms with van der Waals surface area (Å²) in [5.74, 6) is -1.34. The second kappa shape index (κ2) is 11.3. The Bertz CT molecular complexity index is 1150. The van der Waals surface area contributed by atoms with Crippen molar-refractivity contribution < 1.29 is 23.5 Å². The highest BCUT2D eigenvalue weighted by atomic mass is 19.1. The van der Waals surface area contributed by atoms with Crippen LogP contribution in [0, 0.1) is 5.82 Å². The maximum atomic E-state index is 14.1. The van der Waals surface area contributed by atoms with Gasteiger partial charge in [-0.25, -0.2) is 14.0 Å². The van der Waals surface area contributed by atoms with E-state index in [1.165, 1.54) is 12.1 Å². The lowest BCUT2D eigenvalue weighted by atomic mass is 9.94. The van der Waals surface area contributed by atoms with E-state index < -0.39 is 17.8 Å². The zero-order valence-electron chi connectivity index (χ0n) is 20.6. The van der Waals surface area contributed by atoms with Gasteiger partial charge in [-0.3, -0.25) is 14.6 Å². The molecule has 0 aliphatic carbocycles. The smallest absolute Gasteiger partial charge is 0.338 e. The molecule has 4 rings (SSSR count). The summed E-state index contributed by atoms with van der Waals surface area (Å²) >= 11 is 0. The van der Waals surface area contributed by atoms with Crippen LogP contribution in [0.4, 0.5) is 9.18 Å². The van der Waals surface area contributed by atoms with Crippen LogP contribution in [-0.4, -0.2) is 78.5 Å². The fraction of sp³-hybridized carbons (Fsp3) is 0.370. The monoisotopic (exact) mass is 494 g/mol. The highest BCUT2D eigenvalue weighted by Gasteiger charge is 2.38. The Hall–Kier alpha value is -3.72. The molecule has 8 nitrogen and oxygen atoms in total. The quantitative estimate of drug-likeness (QED) is 0.598. The molecule has 0 saturated carbocycles. The molecule has 0 bridgehead atoms. The van der Waals surface area contributed by atoms with Crippen LogP contribution in [0.5, 0.6) is 0 Å². The van der Waals surface area contributed by atoms with Crippen molar-refractivity contribution in [1.29, 1.82) is 0 Å². The number of ether oxygens (including phenoxy) is 1.